The summed E-state index contributed by atoms with van der Waals surface area (Å²) >= 11 is 0. The van der Waals surface area contributed by atoms with E-state index in [0.717, 1.165) is 64.2 Å². The van der Waals surface area contributed by atoms with E-state index in [-0.39, 0.29) is 31.1 Å². The van der Waals surface area contributed by atoms with Crippen LogP contribution in [0.1, 0.15) is 329 Å². The molecule has 0 saturated carbocycles. The van der Waals surface area contributed by atoms with Gasteiger partial charge in [0.15, 0.2) is 6.10 Å². The van der Waals surface area contributed by atoms with Crippen molar-refractivity contribution in [2.45, 2.75) is 335 Å². The molecule has 0 bridgehead atoms. The second kappa shape index (κ2) is 56.5. The molecule has 0 aromatic heterocycles. The lowest BCUT2D eigenvalue weighted by Gasteiger charge is -2.18. The van der Waals surface area contributed by atoms with Crippen molar-refractivity contribution < 1.29 is 28.6 Å². The highest BCUT2D eigenvalue weighted by Gasteiger charge is 2.19. The number of hydrogen-bond acceptors (Lipinski definition) is 6. The average Bonchev–Trinajstić information content (AvgIpc) is 3.33. The van der Waals surface area contributed by atoms with E-state index in [0.29, 0.717) is 19.3 Å². The fourth-order valence-corrected chi connectivity index (χ4v) is 8.91. The summed E-state index contributed by atoms with van der Waals surface area (Å²) in [5.74, 6) is -0.860. The van der Waals surface area contributed by atoms with Gasteiger partial charge in [-0.3, -0.25) is 14.4 Å². The second-order valence-corrected chi connectivity index (χ2v) is 20.3. The first kappa shape index (κ1) is 64.9. The predicted octanol–water partition coefficient (Wildman–Crippen LogP) is 19.9. The topological polar surface area (TPSA) is 78.9 Å². The van der Waals surface area contributed by atoms with Gasteiger partial charge < -0.3 is 14.2 Å². The Balaban J connectivity index is 4.30. The number of carbonyl (C=O) groups is 3. The molecule has 6 heteroatoms. The maximum absolute atomic E-state index is 12.8. The molecule has 0 rings (SSSR count). The van der Waals surface area contributed by atoms with Crippen LogP contribution in [0.15, 0.2) is 24.3 Å². The fraction of sp³-hybridized carbons (Fsp3) is 0.885. The summed E-state index contributed by atoms with van der Waals surface area (Å²) in [6.45, 7) is 6.67. The first-order chi connectivity index (χ1) is 33.0. The molecule has 0 spiro atoms. The molecule has 0 fully saturated rings. The number of carbonyl (C=O) groups excluding carboxylic acids is 3. The van der Waals surface area contributed by atoms with Crippen molar-refractivity contribution in [1.29, 1.82) is 0 Å². The van der Waals surface area contributed by atoms with Crippen molar-refractivity contribution in [2.24, 2.45) is 0 Å². The van der Waals surface area contributed by atoms with Crippen molar-refractivity contribution >= 4 is 17.9 Å². The Morgan fingerprint density at radius 1 is 0.284 bits per heavy atom. The number of rotatable bonds is 55. The number of ether oxygens (including phenoxy) is 3. The quantitative estimate of drug-likeness (QED) is 0.0262. The molecule has 0 N–H and O–H groups in total. The lowest BCUT2D eigenvalue weighted by atomic mass is 10.0. The Hall–Kier alpha value is -2.11. The van der Waals surface area contributed by atoms with E-state index in [4.69, 9.17) is 14.2 Å². The molecule has 394 valence electrons. The van der Waals surface area contributed by atoms with Gasteiger partial charge in [0.25, 0.3) is 0 Å². The summed E-state index contributed by atoms with van der Waals surface area (Å²) in [7, 11) is 0. The van der Waals surface area contributed by atoms with E-state index in [2.05, 4.69) is 45.1 Å². The normalized spacial score (nSPS) is 12.1. The molecular weight excluding hydrogens is 829 g/mol. The predicted molar refractivity (Wildman–Crippen MR) is 289 cm³/mol. The minimum atomic E-state index is -0.772. The molecule has 0 aromatic carbocycles. The van der Waals surface area contributed by atoms with Crippen LogP contribution < -0.4 is 0 Å². The van der Waals surface area contributed by atoms with Gasteiger partial charge in [0.1, 0.15) is 13.2 Å². The molecule has 0 amide bonds. The Bertz CT molecular complexity index is 1080. The zero-order chi connectivity index (χ0) is 48.6. The zero-order valence-corrected chi connectivity index (χ0v) is 45.2. The van der Waals surface area contributed by atoms with Gasteiger partial charge in [-0.25, -0.2) is 0 Å². The van der Waals surface area contributed by atoms with Gasteiger partial charge in [-0.2, -0.15) is 0 Å². The minimum absolute atomic E-state index is 0.0705. The monoisotopic (exact) mass is 943 g/mol. The fourth-order valence-electron chi connectivity index (χ4n) is 8.91. The van der Waals surface area contributed by atoms with Crippen molar-refractivity contribution in [1.82, 2.24) is 0 Å². The van der Waals surface area contributed by atoms with Crippen molar-refractivity contribution in [3.63, 3.8) is 0 Å². The summed E-state index contributed by atoms with van der Waals surface area (Å²) in [5.41, 5.74) is 0. The van der Waals surface area contributed by atoms with Gasteiger partial charge in [0.2, 0.25) is 0 Å². The first-order valence-corrected chi connectivity index (χ1v) is 29.8. The van der Waals surface area contributed by atoms with Crippen LogP contribution in [0.3, 0.4) is 0 Å². The van der Waals surface area contributed by atoms with Crippen LogP contribution in [-0.2, 0) is 28.6 Å². The Labute approximate surface area is 417 Å². The molecule has 0 saturated heterocycles. The van der Waals surface area contributed by atoms with Crippen LogP contribution in [0.4, 0.5) is 0 Å². The molecule has 0 heterocycles. The molecule has 0 aromatic rings. The van der Waals surface area contributed by atoms with Gasteiger partial charge in [-0.1, -0.05) is 263 Å². The van der Waals surface area contributed by atoms with Crippen molar-refractivity contribution in [2.75, 3.05) is 13.2 Å². The lowest BCUT2D eigenvalue weighted by Crippen LogP contribution is -2.30. The van der Waals surface area contributed by atoms with Crippen molar-refractivity contribution in [3.05, 3.63) is 24.3 Å². The summed E-state index contributed by atoms with van der Waals surface area (Å²) in [6.07, 6.45) is 66.0. The Kier molecular flexibility index (Phi) is 54.7. The van der Waals surface area contributed by atoms with E-state index in [9.17, 15) is 14.4 Å². The number of unbranched alkanes of at least 4 members (excludes halogenated alkanes) is 40. The van der Waals surface area contributed by atoms with E-state index in [1.807, 2.05) is 0 Å². The third-order valence-corrected chi connectivity index (χ3v) is 13.4. The molecular formula is C61H114O6. The van der Waals surface area contributed by atoms with E-state index in [1.165, 1.54) is 225 Å². The SMILES string of the molecule is CCCCCC/C=C\CCCCCCCC(=O)O[C@H](COC(=O)CCCCCCCCCCC/C=C\CCCCCCCC)COC(=O)CCCCCCCCCCCCCCCCCCC. The van der Waals surface area contributed by atoms with Gasteiger partial charge >= 0.3 is 17.9 Å². The largest absolute Gasteiger partial charge is 0.462 e. The molecule has 0 aliphatic heterocycles. The molecule has 67 heavy (non-hydrogen) atoms. The average molecular weight is 944 g/mol. The van der Waals surface area contributed by atoms with E-state index >= 15 is 0 Å². The molecule has 0 unspecified atom stereocenters. The zero-order valence-electron chi connectivity index (χ0n) is 45.2. The van der Waals surface area contributed by atoms with Gasteiger partial charge in [0.05, 0.1) is 0 Å². The van der Waals surface area contributed by atoms with Crippen LogP contribution in [0.5, 0.6) is 0 Å². The number of hydrogen-bond donors (Lipinski definition) is 0. The molecule has 0 aliphatic carbocycles. The van der Waals surface area contributed by atoms with E-state index < -0.39 is 6.10 Å². The molecule has 1 atom stereocenters. The van der Waals surface area contributed by atoms with E-state index in [1.54, 1.807) is 0 Å². The Morgan fingerprint density at radius 2 is 0.493 bits per heavy atom. The molecule has 0 radical (unpaired) electrons. The Morgan fingerprint density at radius 3 is 0.761 bits per heavy atom. The highest BCUT2D eigenvalue weighted by Crippen LogP contribution is 2.17. The minimum Gasteiger partial charge on any atom is -0.462 e. The van der Waals surface area contributed by atoms with Gasteiger partial charge in [0, 0.05) is 19.3 Å². The maximum Gasteiger partial charge on any atom is 0.306 e. The van der Waals surface area contributed by atoms with Crippen LogP contribution in [-0.4, -0.2) is 37.2 Å². The maximum atomic E-state index is 12.8. The standard InChI is InChI=1S/C61H114O6/c1-4-7-10-13-16-19-22-25-27-29-30-32-34-37-39-42-45-48-51-54-60(63)66-57-58(67-61(64)55-52-49-46-43-40-35-24-21-18-15-12-9-6-3)56-65-59(62)53-50-47-44-41-38-36-33-31-28-26-23-20-17-14-11-8-5-2/h21,24-25,27,58H,4-20,22-23,26,28-57H2,1-3H3/b24-21-,27-25-/t58-/m0/s1. The summed E-state index contributed by atoms with van der Waals surface area (Å²) < 4.78 is 16.9. The first-order valence-electron chi connectivity index (χ1n) is 29.8. The summed E-state index contributed by atoms with van der Waals surface area (Å²) in [5, 5.41) is 0. The van der Waals surface area contributed by atoms with Gasteiger partial charge in [-0.15, -0.1) is 0 Å². The molecule has 0 aliphatic rings. The summed E-state index contributed by atoms with van der Waals surface area (Å²) in [6, 6.07) is 0. The summed E-state index contributed by atoms with van der Waals surface area (Å²) in [4.78, 5) is 38.2. The van der Waals surface area contributed by atoms with Crippen LogP contribution in [0, 0.1) is 0 Å². The van der Waals surface area contributed by atoms with Gasteiger partial charge in [-0.05, 0) is 70.6 Å². The highest BCUT2D eigenvalue weighted by atomic mass is 16.6. The number of allylic oxidation sites excluding steroid dienone is 4. The lowest BCUT2D eigenvalue weighted by molar-refractivity contribution is -0.167. The highest BCUT2D eigenvalue weighted by molar-refractivity contribution is 5.71. The van der Waals surface area contributed by atoms with Crippen molar-refractivity contribution in [3.8, 4) is 0 Å². The third-order valence-electron chi connectivity index (χ3n) is 13.4. The number of esters is 3. The van der Waals surface area contributed by atoms with Crippen LogP contribution in [0.2, 0.25) is 0 Å². The third kappa shape index (κ3) is 54.7. The van der Waals surface area contributed by atoms with Crippen LogP contribution in [0.25, 0.3) is 0 Å². The second-order valence-electron chi connectivity index (χ2n) is 20.3. The van der Waals surface area contributed by atoms with Crippen LogP contribution >= 0.6 is 0 Å². The smallest absolute Gasteiger partial charge is 0.306 e. The molecule has 6 nitrogen and oxygen atoms in total.